The van der Waals surface area contributed by atoms with Crippen molar-refractivity contribution in [3.63, 3.8) is 0 Å². The van der Waals surface area contributed by atoms with Crippen LogP contribution in [0.1, 0.15) is 5.56 Å². The van der Waals surface area contributed by atoms with Gasteiger partial charge in [-0.1, -0.05) is 48.5 Å². The molecule has 100 valence electrons. The third kappa shape index (κ3) is 3.34. The zero-order chi connectivity index (χ0) is 13.5. The van der Waals surface area contributed by atoms with Gasteiger partial charge >= 0.3 is 0 Å². The van der Waals surface area contributed by atoms with Crippen LogP contribution in [-0.2, 0) is 11.2 Å². The Bertz CT molecular complexity index is 511. The number of methoxy groups -OCH3 is 1. The third-order valence-electron chi connectivity index (χ3n) is 2.92. The van der Waals surface area contributed by atoms with Gasteiger partial charge in [0.15, 0.2) is 6.79 Å². The van der Waals surface area contributed by atoms with E-state index >= 15 is 0 Å². The SMILES string of the molecule is COCOc1c(CCN)cccc1-c1ccccc1. The molecule has 0 aliphatic rings. The number of nitrogens with two attached hydrogens (primary N) is 1. The van der Waals surface area contributed by atoms with Gasteiger partial charge in [0.2, 0.25) is 0 Å². The van der Waals surface area contributed by atoms with Crippen LogP contribution < -0.4 is 10.5 Å². The van der Waals surface area contributed by atoms with Crippen molar-refractivity contribution in [2.75, 3.05) is 20.4 Å². The van der Waals surface area contributed by atoms with Crippen molar-refractivity contribution < 1.29 is 9.47 Å². The van der Waals surface area contributed by atoms with Crippen molar-refractivity contribution in [1.82, 2.24) is 0 Å². The fraction of sp³-hybridized carbons (Fsp3) is 0.250. The van der Waals surface area contributed by atoms with Crippen LogP contribution in [0.5, 0.6) is 5.75 Å². The average Bonchev–Trinajstić information content (AvgIpc) is 2.47. The number of rotatable bonds is 6. The summed E-state index contributed by atoms with van der Waals surface area (Å²) in [6.45, 7) is 0.836. The van der Waals surface area contributed by atoms with Crippen LogP contribution in [0, 0.1) is 0 Å². The first kappa shape index (κ1) is 13.6. The molecule has 0 unspecified atom stereocenters. The highest BCUT2D eigenvalue weighted by atomic mass is 16.7. The molecule has 2 N–H and O–H groups in total. The molecule has 3 nitrogen and oxygen atoms in total. The molecule has 2 aromatic carbocycles. The maximum Gasteiger partial charge on any atom is 0.188 e. The molecular formula is C16H19NO2. The molecule has 0 heterocycles. The predicted molar refractivity (Wildman–Crippen MR) is 77.1 cm³/mol. The molecule has 0 atom stereocenters. The molecule has 0 aromatic heterocycles. The molecule has 0 spiro atoms. The maximum absolute atomic E-state index is 5.75. The summed E-state index contributed by atoms with van der Waals surface area (Å²) in [5.74, 6) is 0.862. The van der Waals surface area contributed by atoms with Crippen molar-refractivity contribution in [1.29, 1.82) is 0 Å². The van der Waals surface area contributed by atoms with Crippen LogP contribution in [0.4, 0.5) is 0 Å². The summed E-state index contributed by atoms with van der Waals surface area (Å²) in [7, 11) is 1.62. The zero-order valence-corrected chi connectivity index (χ0v) is 11.1. The molecule has 0 aliphatic carbocycles. The van der Waals surface area contributed by atoms with E-state index in [0.717, 1.165) is 28.9 Å². The van der Waals surface area contributed by atoms with E-state index in [2.05, 4.69) is 18.2 Å². The number of hydrogen-bond acceptors (Lipinski definition) is 3. The lowest BCUT2D eigenvalue weighted by molar-refractivity contribution is 0.0508. The third-order valence-corrected chi connectivity index (χ3v) is 2.92. The van der Waals surface area contributed by atoms with Gasteiger partial charge in [-0.3, -0.25) is 0 Å². The first-order valence-corrected chi connectivity index (χ1v) is 6.36. The van der Waals surface area contributed by atoms with Crippen LogP contribution in [-0.4, -0.2) is 20.4 Å². The van der Waals surface area contributed by atoms with Crippen molar-refractivity contribution in [3.05, 3.63) is 54.1 Å². The van der Waals surface area contributed by atoms with Gasteiger partial charge in [-0.2, -0.15) is 0 Å². The highest BCUT2D eigenvalue weighted by Crippen LogP contribution is 2.33. The molecule has 0 aliphatic heterocycles. The standard InChI is InChI=1S/C16H19NO2/c1-18-12-19-16-14(10-11-17)8-5-9-15(16)13-6-3-2-4-7-13/h2-9H,10-12,17H2,1H3. The maximum atomic E-state index is 5.75. The summed E-state index contributed by atoms with van der Waals surface area (Å²) in [6, 6.07) is 16.3. The number of hydrogen-bond donors (Lipinski definition) is 1. The van der Waals surface area contributed by atoms with Crippen LogP contribution in [0.3, 0.4) is 0 Å². The van der Waals surface area contributed by atoms with Crippen LogP contribution in [0.15, 0.2) is 48.5 Å². The first-order chi connectivity index (χ1) is 9.36. The Balaban J connectivity index is 2.44. The van der Waals surface area contributed by atoms with Crippen molar-refractivity contribution in [2.45, 2.75) is 6.42 Å². The molecule has 0 saturated heterocycles. The summed E-state index contributed by atoms with van der Waals surface area (Å²) in [5, 5.41) is 0. The molecular weight excluding hydrogens is 238 g/mol. The van der Waals surface area contributed by atoms with E-state index in [1.54, 1.807) is 7.11 Å². The van der Waals surface area contributed by atoms with E-state index in [1.807, 2.05) is 30.3 Å². The molecule has 0 amide bonds. The fourth-order valence-corrected chi connectivity index (χ4v) is 2.07. The summed E-state index contributed by atoms with van der Waals surface area (Å²) >= 11 is 0. The van der Waals surface area contributed by atoms with E-state index in [4.69, 9.17) is 15.2 Å². The molecule has 3 heteroatoms. The predicted octanol–water partition coefficient (Wildman–Crippen LogP) is 2.84. The Morgan fingerprint density at radius 2 is 1.79 bits per heavy atom. The van der Waals surface area contributed by atoms with Crippen molar-refractivity contribution in [2.24, 2.45) is 5.73 Å². The number of ether oxygens (including phenoxy) is 2. The van der Waals surface area contributed by atoms with E-state index in [9.17, 15) is 0 Å². The highest BCUT2D eigenvalue weighted by Gasteiger charge is 2.11. The summed E-state index contributed by atoms with van der Waals surface area (Å²) in [4.78, 5) is 0. The zero-order valence-electron chi connectivity index (χ0n) is 11.1. The lowest BCUT2D eigenvalue weighted by Gasteiger charge is -2.15. The first-order valence-electron chi connectivity index (χ1n) is 6.36. The van der Waals surface area contributed by atoms with E-state index in [0.29, 0.717) is 6.54 Å². The molecule has 0 fully saturated rings. The Kier molecular flexibility index (Phi) is 4.95. The molecule has 2 rings (SSSR count). The molecule has 0 radical (unpaired) electrons. The molecule has 0 bridgehead atoms. The lowest BCUT2D eigenvalue weighted by Crippen LogP contribution is -2.07. The Labute approximate surface area is 114 Å². The Morgan fingerprint density at radius 3 is 2.47 bits per heavy atom. The Hall–Kier alpha value is -1.84. The molecule has 2 aromatic rings. The second-order valence-electron chi connectivity index (χ2n) is 4.25. The molecule has 0 saturated carbocycles. The van der Waals surface area contributed by atoms with Gasteiger partial charge in [0, 0.05) is 12.7 Å². The van der Waals surface area contributed by atoms with E-state index in [1.165, 1.54) is 0 Å². The van der Waals surface area contributed by atoms with Crippen LogP contribution in [0.2, 0.25) is 0 Å². The second kappa shape index (κ2) is 6.92. The minimum absolute atomic E-state index is 0.238. The summed E-state index contributed by atoms with van der Waals surface area (Å²) in [6.07, 6.45) is 0.791. The van der Waals surface area contributed by atoms with Gasteiger partial charge in [-0.05, 0) is 24.1 Å². The topological polar surface area (TPSA) is 44.5 Å². The monoisotopic (exact) mass is 257 g/mol. The second-order valence-corrected chi connectivity index (χ2v) is 4.25. The van der Waals surface area contributed by atoms with Crippen LogP contribution >= 0.6 is 0 Å². The minimum Gasteiger partial charge on any atom is -0.467 e. The van der Waals surface area contributed by atoms with E-state index in [-0.39, 0.29) is 6.79 Å². The smallest absolute Gasteiger partial charge is 0.188 e. The molecule has 19 heavy (non-hydrogen) atoms. The normalized spacial score (nSPS) is 10.4. The minimum atomic E-state index is 0.238. The van der Waals surface area contributed by atoms with Gasteiger partial charge in [0.05, 0.1) is 0 Å². The lowest BCUT2D eigenvalue weighted by atomic mass is 10.00. The average molecular weight is 257 g/mol. The van der Waals surface area contributed by atoms with Crippen molar-refractivity contribution >= 4 is 0 Å². The van der Waals surface area contributed by atoms with Crippen molar-refractivity contribution in [3.8, 4) is 16.9 Å². The van der Waals surface area contributed by atoms with Gasteiger partial charge in [-0.25, -0.2) is 0 Å². The van der Waals surface area contributed by atoms with Gasteiger partial charge in [-0.15, -0.1) is 0 Å². The van der Waals surface area contributed by atoms with Gasteiger partial charge in [0.1, 0.15) is 5.75 Å². The number of benzene rings is 2. The van der Waals surface area contributed by atoms with E-state index < -0.39 is 0 Å². The van der Waals surface area contributed by atoms with Gasteiger partial charge < -0.3 is 15.2 Å². The highest BCUT2D eigenvalue weighted by molar-refractivity contribution is 5.72. The summed E-state index contributed by atoms with van der Waals surface area (Å²) < 4.78 is 10.8. The number of para-hydroxylation sites is 1. The largest absolute Gasteiger partial charge is 0.467 e. The summed E-state index contributed by atoms with van der Waals surface area (Å²) in [5.41, 5.74) is 8.98. The quantitative estimate of drug-likeness (QED) is 0.809. The Morgan fingerprint density at radius 1 is 1.00 bits per heavy atom. The van der Waals surface area contributed by atoms with Crippen LogP contribution in [0.25, 0.3) is 11.1 Å². The fourth-order valence-electron chi connectivity index (χ4n) is 2.07. The van der Waals surface area contributed by atoms with Gasteiger partial charge in [0.25, 0.3) is 0 Å².